The quantitative estimate of drug-likeness (QED) is 0.387. The molecule has 0 spiro atoms. The summed E-state index contributed by atoms with van der Waals surface area (Å²) in [5, 5.41) is 2.87. The first-order valence-corrected chi connectivity index (χ1v) is 7.50. The van der Waals surface area contributed by atoms with Crippen molar-refractivity contribution >= 4 is 5.91 Å². The molecule has 0 saturated carbocycles. The highest BCUT2D eigenvalue weighted by molar-refractivity contribution is 5.87. The van der Waals surface area contributed by atoms with E-state index in [4.69, 9.17) is 0 Å². The van der Waals surface area contributed by atoms with Crippen LogP contribution in [0.5, 0.6) is 0 Å². The van der Waals surface area contributed by atoms with Crippen LogP contribution in [-0.4, -0.2) is 12.5 Å². The molecule has 0 rings (SSSR count). The summed E-state index contributed by atoms with van der Waals surface area (Å²) in [5.41, 5.74) is 0. The minimum atomic E-state index is 0.0195. The minimum absolute atomic E-state index is 0.0195. The third-order valence-corrected chi connectivity index (χ3v) is 2.65. The third kappa shape index (κ3) is 14.4. The molecule has 0 bridgehead atoms. The summed E-state index contributed by atoms with van der Waals surface area (Å²) in [5.74, 6) is 11.9. The average Bonchev–Trinajstić information content (AvgIpc) is 2.42. The van der Waals surface area contributed by atoms with Crippen LogP contribution < -0.4 is 5.32 Å². The second kappa shape index (κ2) is 13.8. The van der Waals surface area contributed by atoms with Crippen molar-refractivity contribution in [2.45, 2.75) is 59.3 Å². The molecule has 1 amide bonds. The first-order chi connectivity index (χ1) is 9.66. The van der Waals surface area contributed by atoms with Gasteiger partial charge >= 0.3 is 0 Å². The van der Waals surface area contributed by atoms with Crippen LogP contribution in [0.4, 0.5) is 0 Å². The van der Waals surface area contributed by atoms with Gasteiger partial charge in [-0.15, -0.1) is 0 Å². The summed E-state index contributed by atoms with van der Waals surface area (Å²) >= 11 is 0. The maximum absolute atomic E-state index is 11.4. The summed E-state index contributed by atoms with van der Waals surface area (Å²) < 4.78 is 0. The van der Waals surface area contributed by atoms with Crippen molar-refractivity contribution in [3.05, 3.63) is 12.2 Å². The van der Waals surface area contributed by atoms with E-state index in [0.29, 0.717) is 5.92 Å². The molecule has 0 heterocycles. The molecule has 2 heteroatoms. The number of carbonyl (C=O) groups is 1. The number of nitrogens with one attached hydrogen (secondary N) is 1. The van der Waals surface area contributed by atoms with Gasteiger partial charge in [-0.05, 0) is 50.0 Å². The number of unbranched alkanes of at least 4 members (excludes halogenated alkanes) is 5. The van der Waals surface area contributed by atoms with Crippen LogP contribution in [0.1, 0.15) is 59.3 Å². The van der Waals surface area contributed by atoms with E-state index >= 15 is 0 Å². The predicted molar refractivity (Wildman–Crippen MR) is 85.9 cm³/mol. The zero-order valence-electron chi connectivity index (χ0n) is 13.1. The Morgan fingerprint density at radius 3 is 2.60 bits per heavy atom. The van der Waals surface area contributed by atoms with Gasteiger partial charge in [-0.25, -0.2) is 0 Å². The Labute approximate surface area is 124 Å². The number of allylic oxidation sites excluding steroid dienone is 1. The van der Waals surface area contributed by atoms with Crippen molar-refractivity contribution in [3.8, 4) is 23.7 Å². The zero-order chi connectivity index (χ0) is 15.1. The first-order valence-electron chi connectivity index (χ1n) is 7.50. The summed E-state index contributed by atoms with van der Waals surface area (Å²) in [6, 6.07) is 0. The van der Waals surface area contributed by atoms with Gasteiger partial charge in [-0.1, -0.05) is 44.6 Å². The first kappa shape index (κ1) is 18.3. The molecular formula is C18H27NO. The van der Waals surface area contributed by atoms with Crippen molar-refractivity contribution in [1.82, 2.24) is 5.32 Å². The highest BCUT2D eigenvalue weighted by Crippen LogP contribution is 2.05. The lowest BCUT2D eigenvalue weighted by Gasteiger charge is -2.04. The Morgan fingerprint density at radius 1 is 1.15 bits per heavy atom. The van der Waals surface area contributed by atoms with Gasteiger partial charge in [-0.3, -0.25) is 4.79 Å². The van der Waals surface area contributed by atoms with Crippen LogP contribution in [0, 0.1) is 29.6 Å². The van der Waals surface area contributed by atoms with E-state index in [-0.39, 0.29) is 5.91 Å². The Morgan fingerprint density at radius 2 is 1.90 bits per heavy atom. The lowest BCUT2D eigenvalue weighted by Crippen LogP contribution is -2.25. The highest BCUT2D eigenvalue weighted by Gasteiger charge is 1.96. The lowest BCUT2D eigenvalue weighted by atomic mass is 10.1. The Balaban J connectivity index is 3.41. The predicted octanol–water partition coefficient (Wildman–Crippen LogP) is 3.68. The summed E-state index contributed by atoms with van der Waals surface area (Å²) in [6.07, 6.45) is 10.2. The van der Waals surface area contributed by atoms with Crippen LogP contribution in [0.15, 0.2) is 12.2 Å². The summed E-state index contributed by atoms with van der Waals surface area (Å²) in [7, 11) is 0. The number of amides is 1. The van der Waals surface area contributed by atoms with Crippen LogP contribution in [0.2, 0.25) is 0 Å². The second-order valence-electron chi connectivity index (χ2n) is 5.17. The third-order valence-electron chi connectivity index (χ3n) is 2.65. The topological polar surface area (TPSA) is 29.1 Å². The number of rotatable bonds is 9. The van der Waals surface area contributed by atoms with Crippen LogP contribution in [0.3, 0.4) is 0 Å². The zero-order valence-corrected chi connectivity index (χ0v) is 13.1. The smallest absolute Gasteiger partial charge is 0.243 e. The molecule has 0 atom stereocenters. The lowest BCUT2D eigenvalue weighted by molar-refractivity contribution is -0.116. The molecule has 0 aromatic rings. The molecule has 0 aliphatic rings. The van der Waals surface area contributed by atoms with Crippen molar-refractivity contribution in [2.75, 3.05) is 6.54 Å². The van der Waals surface area contributed by atoms with Crippen molar-refractivity contribution < 1.29 is 4.79 Å². The van der Waals surface area contributed by atoms with Gasteiger partial charge in [0.15, 0.2) is 0 Å². The van der Waals surface area contributed by atoms with E-state index in [1.165, 1.54) is 12.8 Å². The fourth-order valence-electron chi connectivity index (χ4n) is 1.55. The molecule has 0 unspecified atom stereocenters. The molecular weight excluding hydrogens is 246 g/mol. The van der Waals surface area contributed by atoms with Gasteiger partial charge in [-0.2, -0.15) is 0 Å². The molecule has 2 nitrogen and oxygen atoms in total. The molecule has 0 aliphatic carbocycles. The van der Waals surface area contributed by atoms with Crippen molar-refractivity contribution in [3.63, 3.8) is 0 Å². The standard InChI is InChI=1S/C18H27NO/c1-4-5-6-7-8-9-10-11-12-13-14-15-18(20)19-16-17(2)3/h14-15,17H,8-13,16H2,1-3H3,(H,19,20). The molecule has 0 saturated heterocycles. The van der Waals surface area contributed by atoms with Crippen LogP contribution >= 0.6 is 0 Å². The van der Waals surface area contributed by atoms with Gasteiger partial charge in [0, 0.05) is 13.0 Å². The molecule has 0 aromatic carbocycles. The summed E-state index contributed by atoms with van der Waals surface area (Å²) in [6.45, 7) is 6.71. The molecule has 0 aliphatic heterocycles. The SMILES string of the molecule is CC#CC#CCCCCCCC=CC(=O)NCC(C)C. The number of hydrogen-bond acceptors (Lipinski definition) is 1. The van der Waals surface area contributed by atoms with E-state index in [1.807, 2.05) is 6.08 Å². The Bertz CT molecular complexity index is 399. The largest absolute Gasteiger partial charge is 0.352 e. The van der Waals surface area contributed by atoms with Gasteiger partial charge in [0.25, 0.3) is 0 Å². The maximum Gasteiger partial charge on any atom is 0.243 e. The Kier molecular flexibility index (Phi) is 12.6. The van der Waals surface area contributed by atoms with Crippen LogP contribution in [-0.2, 0) is 4.79 Å². The Hall–Kier alpha value is -1.67. The van der Waals surface area contributed by atoms with E-state index in [0.717, 1.165) is 32.2 Å². The van der Waals surface area contributed by atoms with Gasteiger partial charge < -0.3 is 5.32 Å². The minimum Gasteiger partial charge on any atom is -0.352 e. The number of hydrogen-bond donors (Lipinski definition) is 1. The molecule has 0 fully saturated rings. The van der Waals surface area contributed by atoms with Gasteiger partial charge in [0.05, 0.1) is 0 Å². The van der Waals surface area contributed by atoms with E-state index in [2.05, 4.69) is 42.8 Å². The molecule has 0 radical (unpaired) electrons. The normalized spacial score (nSPS) is 9.80. The van der Waals surface area contributed by atoms with Crippen molar-refractivity contribution in [2.24, 2.45) is 5.92 Å². The maximum atomic E-state index is 11.4. The molecule has 110 valence electrons. The van der Waals surface area contributed by atoms with Gasteiger partial charge in [0.1, 0.15) is 0 Å². The second-order valence-corrected chi connectivity index (χ2v) is 5.17. The van der Waals surface area contributed by atoms with Crippen LogP contribution in [0.25, 0.3) is 0 Å². The van der Waals surface area contributed by atoms with E-state index < -0.39 is 0 Å². The highest BCUT2D eigenvalue weighted by atomic mass is 16.1. The summed E-state index contributed by atoms with van der Waals surface area (Å²) in [4.78, 5) is 11.4. The molecule has 20 heavy (non-hydrogen) atoms. The average molecular weight is 273 g/mol. The van der Waals surface area contributed by atoms with E-state index in [9.17, 15) is 4.79 Å². The van der Waals surface area contributed by atoms with Crippen molar-refractivity contribution in [1.29, 1.82) is 0 Å². The number of carbonyl (C=O) groups excluding carboxylic acids is 1. The monoisotopic (exact) mass is 273 g/mol. The van der Waals surface area contributed by atoms with Gasteiger partial charge in [0.2, 0.25) is 5.91 Å². The van der Waals surface area contributed by atoms with E-state index in [1.54, 1.807) is 13.0 Å². The molecule has 0 aromatic heterocycles. The molecule has 1 N–H and O–H groups in total. The fraction of sp³-hybridized carbons (Fsp3) is 0.611. The fourth-order valence-corrected chi connectivity index (χ4v) is 1.55.